The number of benzene rings is 1. The summed E-state index contributed by atoms with van der Waals surface area (Å²) in [6.45, 7) is 6.50. The molecule has 0 bridgehead atoms. The van der Waals surface area contributed by atoms with Gasteiger partial charge in [-0.15, -0.1) is 0 Å². The highest BCUT2D eigenvalue weighted by Gasteiger charge is 2.15. The molecule has 24 heavy (non-hydrogen) atoms. The molecule has 126 valence electrons. The first-order chi connectivity index (χ1) is 11.8. The predicted octanol–water partition coefficient (Wildman–Crippen LogP) is 3.36. The van der Waals surface area contributed by atoms with Crippen LogP contribution < -0.4 is 0 Å². The van der Waals surface area contributed by atoms with Crippen molar-refractivity contribution in [2.24, 2.45) is 0 Å². The monoisotopic (exact) mass is 325 g/mol. The maximum atomic E-state index is 5.86. The van der Waals surface area contributed by atoms with Crippen molar-refractivity contribution >= 4 is 11.2 Å². The van der Waals surface area contributed by atoms with Crippen LogP contribution in [-0.4, -0.2) is 33.9 Å². The standard InChI is InChI=1S/C19H23N3O2/c1-3-24-17(14-23-13-16-8-5-4-6-9-16)12-22-15(2)21-19-18(22)10-7-11-20-19/h4-11,17H,3,12-14H2,1-2H3. The highest BCUT2D eigenvalue weighted by molar-refractivity contribution is 5.71. The highest BCUT2D eigenvalue weighted by atomic mass is 16.5. The summed E-state index contributed by atoms with van der Waals surface area (Å²) in [5.41, 5.74) is 2.97. The molecular weight excluding hydrogens is 302 g/mol. The minimum absolute atomic E-state index is 0.0185. The van der Waals surface area contributed by atoms with Crippen LogP contribution in [0.3, 0.4) is 0 Å². The van der Waals surface area contributed by atoms with Gasteiger partial charge in [0.25, 0.3) is 0 Å². The Morgan fingerprint density at radius 2 is 1.96 bits per heavy atom. The van der Waals surface area contributed by atoms with Crippen LogP contribution in [0.15, 0.2) is 48.7 Å². The lowest BCUT2D eigenvalue weighted by Crippen LogP contribution is -2.26. The summed E-state index contributed by atoms with van der Waals surface area (Å²) in [5, 5.41) is 0. The number of ether oxygens (including phenoxy) is 2. The summed E-state index contributed by atoms with van der Waals surface area (Å²) in [7, 11) is 0. The quantitative estimate of drug-likeness (QED) is 0.637. The Kier molecular flexibility index (Phi) is 5.56. The van der Waals surface area contributed by atoms with E-state index in [9.17, 15) is 0 Å². The van der Waals surface area contributed by atoms with Crippen molar-refractivity contribution in [2.75, 3.05) is 13.2 Å². The lowest BCUT2D eigenvalue weighted by molar-refractivity contribution is -0.0245. The number of fused-ring (bicyclic) bond motifs is 1. The zero-order valence-electron chi connectivity index (χ0n) is 14.2. The summed E-state index contributed by atoms with van der Waals surface area (Å²) < 4.78 is 13.9. The molecule has 0 aliphatic carbocycles. The molecule has 0 N–H and O–H groups in total. The van der Waals surface area contributed by atoms with Gasteiger partial charge in [0.05, 0.1) is 31.4 Å². The molecule has 0 fully saturated rings. The highest BCUT2D eigenvalue weighted by Crippen LogP contribution is 2.15. The van der Waals surface area contributed by atoms with Crippen molar-refractivity contribution in [2.45, 2.75) is 33.1 Å². The molecule has 0 saturated carbocycles. The lowest BCUT2D eigenvalue weighted by atomic mass is 10.2. The number of hydrogen-bond acceptors (Lipinski definition) is 4. The van der Waals surface area contributed by atoms with Crippen molar-refractivity contribution in [3.05, 3.63) is 60.0 Å². The second-order valence-electron chi connectivity index (χ2n) is 5.69. The summed E-state index contributed by atoms with van der Waals surface area (Å²) in [4.78, 5) is 8.82. The summed E-state index contributed by atoms with van der Waals surface area (Å²) in [6, 6.07) is 14.1. The molecule has 0 spiro atoms. The van der Waals surface area contributed by atoms with E-state index in [-0.39, 0.29) is 6.10 Å². The van der Waals surface area contributed by atoms with Gasteiger partial charge in [0, 0.05) is 12.8 Å². The first-order valence-corrected chi connectivity index (χ1v) is 8.29. The lowest BCUT2D eigenvalue weighted by Gasteiger charge is -2.19. The first-order valence-electron chi connectivity index (χ1n) is 8.29. The van der Waals surface area contributed by atoms with Crippen LogP contribution in [0.4, 0.5) is 0 Å². The maximum absolute atomic E-state index is 5.86. The average Bonchev–Trinajstić information content (AvgIpc) is 2.92. The Morgan fingerprint density at radius 1 is 1.12 bits per heavy atom. The largest absolute Gasteiger partial charge is 0.374 e. The molecule has 0 saturated heterocycles. The van der Waals surface area contributed by atoms with Crippen LogP contribution in [0.1, 0.15) is 18.3 Å². The van der Waals surface area contributed by atoms with Crippen LogP contribution >= 0.6 is 0 Å². The Hall–Kier alpha value is -2.24. The van der Waals surface area contributed by atoms with Gasteiger partial charge in [-0.1, -0.05) is 30.3 Å². The molecule has 0 radical (unpaired) electrons. The van der Waals surface area contributed by atoms with E-state index in [1.807, 2.05) is 44.2 Å². The normalized spacial score (nSPS) is 12.6. The minimum Gasteiger partial charge on any atom is -0.374 e. The summed E-state index contributed by atoms with van der Waals surface area (Å²) in [6.07, 6.45) is 1.75. The van der Waals surface area contributed by atoms with E-state index >= 15 is 0 Å². The minimum atomic E-state index is -0.0185. The third-order valence-electron chi connectivity index (χ3n) is 3.92. The molecular formula is C19H23N3O2. The molecule has 1 aromatic carbocycles. The van der Waals surface area contributed by atoms with E-state index in [4.69, 9.17) is 9.47 Å². The van der Waals surface area contributed by atoms with Gasteiger partial charge in [-0.2, -0.15) is 0 Å². The number of hydrogen-bond donors (Lipinski definition) is 0. The number of pyridine rings is 1. The number of nitrogens with zero attached hydrogens (tertiary/aromatic N) is 3. The van der Waals surface area contributed by atoms with Crippen LogP contribution in [-0.2, 0) is 22.6 Å². The maximum Gasteiger partial charge on any atom is 0.177 e. The zero-order valence-corrected chi connectivity index (χ0v) is 14.2. The van der Waals surface area contributed by atoms with E-state index in [2.05, 4.69) is 26.7 Å². The number of aromatic nitrogens is 3. The van der Waals surface area contributed by atoms with Crippen LogP contribution in [0, 0.1) is 6.92 Å². The number of rotatable bonds is 8. The smallest absolute Gasteiger partial charge is 0.177 e. The van der Waals surface area contributed by atoms with Gasteiger partial charge in [0.15, 0.2) is 5.65 Å². The summed E-state index contributed by atoms with van der Waals surface area (Å²) in [5.74, 6) is 0.941. The third-order valence-corrected chi connectivity index (χ3v) is 3.92. The predicted molar refractivity (Wildman–Crippen MR) is 93.8 cm³/mol. The molecule has 5 heteroatoms. The first kappa shape index (κ1) is 16.6. The molecule has 5 nitrogen and oxygen atoms in total. The van der Waals surface area contributed by atoms with Gasteiger partial charge in [-0.3, -0.25) is 0 Å². The Balaban J connectivity index is 1.65. The van der Waals surface area contributed by atoms with E-state index in [1.54, 1.807) is 6.20 Å². The van der Waals surface area contributed by atoms with Crippen LogP contribution in [0.25, 0.3) is 11.2 Å². The number of imidazole rings is 1. The second-order valence-corrected chi connectivity index (χ2v) is 5.69. The molecule has 2 heterocycles. The fraction of sp³-hybridized carbons (Fsp3) is 0.368. The average molecular weight is 325 g/mol. The van der Waals surface area contributed by atoms with Crippen molar-refractivity contribution in [1.29, 1.82) is 0 Å². The van der Waals surface area contributed by atoms with E-state index in [1.165, 1.54) is 5.56 Å². The molecule has 0 amide bonds. The van der Waals surface area contributed by atoms with E-state index in [0.717, 1.165) is 17.0 Å². The third kappa shape index (κ3) is 3.99. The topological polar surface area (TPSA) is 49.2 Å². The van der Waals surface area contributed by atoms with Crippen molar-refractivity contribution in [1.82, 2.24) is 14.5 Å². The van der Waals surface area contributed by atoms with Gasteiger partial charge in [-0.25, -0.2) is 9.97 Å². The van der Waals surface area contributed by atoms with Crippen molar-refractivity contribution in [3.8, 4) is 0 Å². The summed E-state index contributed by atoms with van der Waals surface area (Å²) >= 11 is 0. The van der Waals surface area contributed by atoms with Crippen LogP contribution in [0.5, 0.6) is 0 Å². The van der Waals surface area contributed by atoms with E-state index in [0.29, 0.717) is 26.4 Å². The second kappa shape index (κ2) is 8.04. The molecule has 3 aromatic rings. The van der Waals surface area contributed by atoms with Crippen LogP contribution in [0.2, 0.25) is 0 Å². The Bertz CT molecular complexity index is 771. The van der Waals surface area contributed by atoms with Gasteiger partial charge in [0.1, 0.15) is 5.82 Å². The van der Waals surface area contributed by atoms with Gasteiger partial charge in [-0.05, 0) is 31.5 Å². The molecule has 3 rings (SSSR count). The molecule has 1 atom stereocenters. The van der Waals surface area contributed by atoms with E-state index < -0.39 is 0 Å². The molecule has 2 aromatic heterocycles. The SMILES string of the molecule is CCOC(COCc1ccccc1)Cn1c(C)nc2ncccc21. The van der Waals surface area contributed by atoms with Crippen molar-refractivity contribution < 1.29 is 9.47 Å². The van der Waals surface area contributed by atoms with Gasteiger partial charge < -0.3 is 14.0 Å². The fourth-order valence-corrected chi connectivity index (χ4v) is 2.78. The van der Waals surface area contributed by atoms with Crippen molar-refractivity contribution in [3.63, 3.8) is 0 Å². The molecule has 0 aliphatic rings. The zero-order chi connectivity index (χ0) is 16.8. The molecule has 1 unspecified atom stereocenters. The number of aryl methyl sites for hydroxylation is 1. The fourth-order valence-electron chi connectivity index (χ4n) is 2.78. The van der Waals surface area contributed by atoms with Gasteiger partial charge >= 0.3 is 0 Å². The van der Waals surface area contributed by atoms with Gasteiger partial charge in [0.2, 0.25) is 0 Å². The Morgan fingerprint density at radius 3 is 2.75 bits per heavy atom. The molecule has 0 aliphatic heterocycles. The Labute approximate surface area is 142 Å².